The molecular weight excluding hydrogens is 141 g/mol. The number of aryl methyl sites for hydroxylation is 1. The fourth-order valence-corrected chi connectivity index (χ4v) is 0.842. The first kappa shape index (κ1) is 8.23. The molecule has 0 amide bonds. The van der Waals surface area contributed by atoms with Gasteiger partial charge in [-0.25, -0.2) is 0 Å². The van der Waals surface area contributed by atoms with Crippen molar-refractivity contribution in [2.75, 3.05) is 0 Å². The second-order valence-corrected chi connectivity index (χ2v) is 2.35. The third-order valence-electron chi connectivity index (χ3n) is 1.52. The minimum Gasteiger partial charge on any atom is -0.423 e. The molecule has 0 spiro atoms. The Morgan fingerprint density at radius 1 is 1.45 bits per heavy atom. The van der Waals surface area contributed by atoms with Crippen LogP contribution in [-0.4, -0.2) is 22.2 Å². The maximum Gasteiger partial charge on any atom is 0.490 e. The summed E-state index contributed by atoms with van der Waals surface area (Å²) in [5, 5.41) is 17.5. The van der Waals surface area contributed by atoms with Gasteiger partial charge in [0.25, 0.3) is 0 Å². The molecule has 11 heavy (non-hydrogen) atoms. The molecule has 1 aromatic heterocycles. The molecule has 0 bridgehead atoms. The first-order valence-corrected chi connectivity index (χ1v) is 3.54. The van der Waals surface area contributed by atoms with Crippen LogP contribution in [0.5, 0.6) is 0 Å². The molecule has 0 saturated carbocycles. The molecule has 0 aliphatic rings. The summed E-state index contributed by atoms with van der Waals surface area (Å²) in [5.41, 5.74) is 1.46. The molecule has 4 heteroatoms. The van der Waals surface area contributed by atoms with E-state index in [0.29, 0.717) is 5.46 Å². The summed E-state index contributed by atoms with van der Waals surface area (Å²) in [6, 6.07) is 1.73. The highest BCUT2D eigenvalue weighted by Crippen LogP contribution is 1.93. The van der Waals surface area contributed by atoms with E-state index in [0.717, 1.165) is 12.0 Å². The number of pyridine rings is 1. The highest BCUT2D eigenvalue weighted by molar-refractivity contribution is 6.58. The molecule has 0 fully saturated rings. The summed E-state index contributed by atoms with van der Waals surface area (Å²) in [7, 11) is -1.41. The van der Waals surface area contributed by atoms with E-state index in [2.05, 4.69) is 4.98 Å². The molecule has 58 valence electrons. The summed E-state index contributed by atoms with van der Waals surface area (Å²) >= 11 is 0. The van der Waals surface area contributed by atoms with Crippen LogP contribution < -0.4 is 5.46 Å². The van der Waals surface area contributed by atoms with Crippen LogP contribution in [-0.2, 0) is 6.42 Å². The van der Waals surface area contributed by atoms with Crippen molar-refractivity contribution >= 4 is 12.6 Å². The average molecular weight is 151 g/mol. The average Bonchev–Trinajstić information content (AvgIpc) is 2.05. The van der Waals surface area contributed by atoms with E-state index in [-0.39, 0.29) is 0 Å². The Balaban J connectivity index is 2.91. The van der Waals surface area contributed by atoms with Gasteiger partial charge in [0.2, 0.25) is 0 Å². The van der Waals surface area contributed by atoms with Gasteiger partial charge in [0.05, 0.1) is 0 Å². The summed E-state index contributed by atoms with van der Waals surface area (Å²) in [6.07, 6.45) is 4.02. The van der Waals surface area contributed by atoms with Crippen LogP contribution in [0.2, 0.25) is 0 Å². The quantitative estimate of drug-likeness (QED) is 0.550. The van der Waals surface area contributed by atoms with Crippen LogP contribution >= 0.6 is 0 Å². The molecule has 0 aromatic carbocycles. The molecule has 1 heterocycles. The highest BCUT2D eigenvalue weighted by Gasteiger charge is 2.10. The topological polar surface area (TPSA) is 53.4 Å². The zero-order valence-corrected chi connectivity index (χ0v) is 6.36. The van der Waals surface area contributed by atoms with Gasteiger partial charge < -0.3 is 10.0 Å². The first-order valence-electron chi connectivity index (χ1n) is 3.54. The van der Waals surface area contributed by atoms with Crippen LogP contribution in [0.15, 0.2) is 18.5 Å². The Hall–Kier alpha value is -0.865. The van der Waals surface area contributed by atoms with Crippen LogP contribution in [0, 0.1) is 0 Å². The number of nitrogens with zero attached hydrogens (tertiary/aromatic N) is 1. The molecular formula is C7H10BNO2. The zero-order chi connectivity index (χ0) is 8.27. The van der Waals surface area contributed by atoms with Crippen LogP contribution in [0.1, 0.15) is 12.5 Å². The van der Waals surface area contributed by atoms with Gasteiger partial charge in [-0.05, 0) is 12.0 Å². The van der Waals surface area contributed by atoms with Crippen LogP contribution in [0.25, 0.3) is 0 Å². The summed E-state index contributed by atoms with van der Waals surface area (Å²) < 4.78 is 0. The van der Waals surface area contributed by atoms with Crippen molar-refractivity contribution < 1.29 is 10.0 Å². The number of rotatable bonds is 2. The van der Waals surface area contributed by atoms with E-state index in [4.69, 9.17) is 10.0 Å². The van der Waals surface area contributed by atoms with Crippen molar-refractivity contribution in [2.24, 2.45) is 0 Å². The summed E-state index contributed by atoms with van der Waals surface area (Å²) in [5.74, 6) is 0. The van der Waals surface area contributed by atoms with Crippen molar-refractivity contribution in [1.82, 2.24) is 4.98 Å². The van der Waals surface area contributed by atoms with Gasteiger partial charge in [-0.3, -0.25) is 4.98 Å². The summed E-state index contributed by atoms with van der Waals surface area (Å²) in [4.78, 5) is 3.86. The van der Waals surface area contributed by atoms with Gasteiger partial charge in [-0.1, -0.05) is 13.0 Å². The lowest BCUT2D eigenvalue weighted by atomic mass is 9.81. The Labute approximate surface area is 65.9 Å². The van der Waals surface area contributed by atoms with Gasteiger partial charge in [0.1, 0.15) is 0 Å². The van der Waals surface area contributed by atoms with Crippen LogP contribution in [0.3, 0.4) is 0 Å². The molecule has 1 rings (SSSR count). The second-order valence-electron chi connectivity index (χ2n) is 2.35. The molecule has 0 aliphatic heterocycles. The SMILES string of the molecule is CCc1cncc(B(O)O)c1. The number of hydrogen-bond acceptors (Lipinski definition) is 3. The number of hydrogen-bond donors (Lipinski definition) is 2. The van der Waals surface area contributed by atoms with Crippen molar-refractivity contribution in [2.45, 2.75) is 13.3 Å². The third-order valence-corrected chi connectivity index (χ3v) is 1.52. The lowest BCUT2D eigenvalue weighted by molar-refractivity contribution is 0.425. The first-order chi connectivity index (χ1) is 5.24. The Bertz CT molecular complexity index is 240. The zero-order valence-electron chi connectivity index (χ0n) is 6.36. The predicted molar refractivity (Wildman–Crippen MR) is 43.4 cm³/mol. The molecule has 0 atom stereocenters. The standard InChI is InChI=1S/C7H10BNO2/c1-2-6-3-7(8(10)11)5-9-4-6/h3-5,10-11H,2H2,1H3. The van der Waals surface area contributed by atoms with Gasteiger partial charge in [-0.2, -0.15) is 0 Å². The molecule has 2 N–H and O–H groups in total. The molecule has 0 radical (unpaired) electrons. The fraction of sp³-hybridized carbons (Fsp3) is 0.286. The molecule has 0 unspecified atom stereocenters. The van der Waals surface area contributed by atoms with E-state index >= 15 is 0 Å². The van der Waals surface area contributed by atoms with Gasteiger partial charge in [-0.15, -0.1) is 0 Å². The molecule has 0 aliphatic carbocycles. The normalized spacial score (nSPS) is 9.73. The second kappa shape index (κ2) is 3.50. The fourth-order valence-electron chi connectivity index (χ4n) is 0.842. The maximum atomic E-state index is 8.76. The Morgan fingerprint density at radius 2 is 2.18 bits per heavy atom. The predicted octanol–water partition coefficient (Wildman–Crippen LogP) is -0.676. The van der Waals surface area contributed by atoms with E-state index in [1.54, 1.807) is 12.3 Å². The van der Waals surface area contributed by atoms with Crippen molar-refractivity contribution in [3.05, 3.63) is 24.0 Å². The lowest BCUT2D eigenvalue weighted by Crippen LogP contribution is -2.30. The van der Waals surface area contributed by atoms with E-state index in [1.807, 2.05) is 6.92 Å². The third kappa shape index (κ3) is 2.03. The van der Waals surface area contributed by atoms with Crippen LogP contribution in [0.4, 0.5) is 0 Å². The maximum absolute atomic E-state index is 8.76. The van der Waals surface area contributed by atoms with Gasteiger partial charge in [0, 0.05) is 17.9 Å². The smallest absolute Gasteiger partial charge is 0.423 e. The van der Waals surface area contributed by atoms with E-state index in [1.165, 1.54) is 6.20 Å². The largest absolute Gasteiger partial charge is 0.490 e. The van der Waals surface area contributed by atoms with Gasteiger partial charge in [0.15, 0.2) is 0 Å². The summed E-state index contributed by atoms with van der Waals surface area (Å²) in [6.45, 7) is 1.99. The van der Waals surface area contributed by atoms with E-state index in [9.17, 15) is 0 Å². The lowest BCUT2D eigenvalue weighted by Gasteiger charge is -1.99. The monoisotopic (exact) mass is 151 g/mol. The highest BCUT2D eigenvalue weighted by atomic mass is 16.4. The minimum atomic E-state index is -1.41. The minimum absolute atomic E-state index is 0.448. The molecule has 3 nitrogen and oxygen atoms in total. The van der Waals surface area contributed by atoms with Crippen molar-refractivity contribution in [3.8, 4) is 0 Å². The number of aromatic nitrogens is 1. The van der Waals surface area contributed by atoms with Crippen molar-refractivity contribution in [1.29, 1.82) is 0 Å². The Kier molecular flexibility index (Phi) is 2.62. The molecule has 0 saturated heterocycles. The van der Waals surface area contributed by atoms with Crippen molar-refractivity contribution in [3.63, 3.8) is 0 Å². The molecule has 1 aromatic rings. The van der Waals surface area contributed by atoms with Gasteiger partial charge >= 0.3 is 7.12 Å². The van der Waals surface area contributed by atoms with E-state index < -0.39 is 7.12 Å². The Morgan fingerprint density at radius 3 is 2.73 bits per heavy atom.